The maximum absolute atomic E-state index is 10.8. The van der Waals surface area contributed by atoms with Crippen LogP contribution in [0.1, 0.15) is 11.8 Å². The molecule has 0 unspecified atom stereocenters. The summed E-state index contributed by atoms with van der Waals surface area (Å²) in [4.78, 5) is 25.2. The van der Waals surface area contributed by atoms with Gasteiger partial charge in [0.25, 0.3) is 5.69 Å². The Kier molecular flexibility index (Phi) is 6.37. The monoisotopic (exact) mass is 460 g/mol. The van der Waals surface area contributed by atoms with Gasteiger partial charge in [-0.15, -0.1) is 0 Å². The molecule has 0 amide bonds. The van der Waals surface area contributed by atoms with Crippen LogP contribution in [-0.4, -0.2) is 85.4 Å². The number of ether oxygens (including phenoxy) is 2. The smallest absolute Gasteiger partial charge is 0.269 e. The first-order valence-electron chi connectivity index (χ1n) is 10.2. The minimum Gasteiger partial charge on any atom is -0.476 e. The number of nitro groups is 1. The van der Waals surface area contributed by atoms with Gasteiger partial charge >= 0.3 is 0 Å². The first kappa shape index (κ1) is 22.8. The molecule has 3 aromatic rings. The Morgan fingerprint density at radius 2 is 1.94 bits per heavy atom. The summed E-state index contributed by atoms with van der Waals surface area (Å²) >= 11 is 0. The molecule has 1 aliphatic rings. The van der Waals surface area contributed by atoms with Gasteiger partial charge in [0.1, 0.15) is 18.3 Å². The molecule has 0 spiro atoms. The molecular weight excluding hydrogens is 436 g/mol. The molecule has 33 heavy (non-hydrogen) atoms. The van der Waals surface area contributed by atoms with Crippen LogP contribution in [0.2, 0.25) is 0 Å². The number of hydrogen-bond donors (Lipinski definition) is 3. The fraction of sp³-hybridized carbons (Fsp3) is 0.450. The highest BCUT2D eigenvalue weighted by Crippen LogP contribution is 2.33. The normalized spacial score (nSPS) is 22.6. The summed E-state index contributed by atoms with van der Waals surface area (Å²) in [7, 11) is 3.52. The Bertz CT molecular complexity index is 1140. The number of aliphatic hydroxyl groups excluding tert-OH is 3. The van der Waals surface area contributed by atoms with Crippen LogP contribution in [-0.2, 0) is 11.2 Å². The molecule has 4 rings (SSSR count). The number of benzene rings is 1. The van der Waals surface area contributed by atoms with Gasteiger partial charge in [0, 0.05) is 32.6 Å². The highest BCUT2D eigenvalue weighted by atomic mass is 16.6. The van der Waals surface area contributed by atoms with E-state index in [1.54, 1.807) is 31.1 Å². The molecule has 0 saturated carbocycles. The molecule has 3 heterocycles. The zero-order valence-electron chi connectivity index (χ0n) is 18.0. The van der Waals surface area contributed by atoms with Gasteiger partial charge in [-0.2, -0.15) is 9.97 Å². The standard InChI is InChI=1S/C20H24N6O7/c1-24(2)20-22-17-14(21-10-25(17)19-16(29)15(28)13(9-27)33-19)18(23-20)32-8-7-11-3-5-12(6-4-11)26(30)31/h3-6,10,13,15-16,19,27-29H,7-9H2,1-2H3/t13-,15-,16-,19-/m1/s1. The van der Waals surface area contributed by atoms with E-state index < -0.39 is 36.1 Å². The molecule has 0 bridgehead atoms. The summed E-state index contributed by atoms with van der Waals surface area (Å²) in [6, 6.07) is 6.20. The van der Waals surface area contributed by atoms with Crippen molar-refractivity contribution in [2.75, 3.05) is 32.2 Å². The second kappa shape index (κ2) is 9.23. The van der Waals surface area contributed by atoms with Gasteiger partial charge in [-0.1, -0.05) is 12.1 Å². The summed E-state index contributed by atoms with van der Waals surface area (Å²) in [6.45, 7) is -0.214. The lowest BCUT2D eigenvalue weighted by molar-refractivity contribution is -0.384. The average molecular weight is 460 g/mol. The quantitative estimate of drug-likeness (QED) is 0.306. The molecule has 3 N–H and O–H groups in total. The third-order valence-corrected chi connectivity index (χ3v) is 5.35. The number of hydrogen-bond acceptors (Lipinski definition) is 11. The highest BCUT2D eigenvalue weighted by Gasteiger charge is 2.44. The van der Waals surface area contributed by atoms with Crippen molar-refractivity contribution in [3.8, 4) is 5.88 Å². The van der Waals surface area contributed by atoms with Gasteiger partial charge in [-0.05, 0) is 5.56 Å². The Labute approximate surface area is 188 Å². The lowest BCUT2D eigenvalue weighted by Crippen LogP contribution is -2.33. The summed E-state index contributed by atoms with van der Waals surface area (Å²) < 4.78 is 13.0. The third-order valence-electron chi connectivity index (χ3n) is 5.35. The number of non-ortho nitro benzene ring substituents is 1. The van der Waals surface area contributed by atoms with E-state index in [1.165, 1.54) is 23.0 Å². The first-order valence-corrected chi connectivity index (χ1v) is 10.2. The minimum atomic E-state index is -1.29. The lowest BCUT2D eigenvalue weighted by Gasteiger charge is -2.18. The first-order chi connectivity index (χ1) is 15.8. The topological polar surface area (TPSA) is 169 Å². The van der Waals surface area contributed by atoms with E-state index in [1.807, 2.05) is 0 Å². The van der Waals surface area contributed by atoms with E-state index in [4.69, 9.17) is 9.47 Å². The van der Waals surface area contributed by atoms with E-state index in [0.717, 1.165) is 5.56 Å². The van der Waals surface area contributed by atoms with Crippen molar-refractivity contribution in [2.45, 2.75) is 31.0 Å². The minimum absolute atomic E-state index is 0.0169. The number of aromatic nitrogens is 4. The average Bonchev–Trinajstić information content (AvgIpc) is 3.34. The van der Waals surface area contributed by atoms with Crippen LogP contribution in [0.15, 0.2) is 30.6 Å². The molecule has 1 aliphatic heterocycles. The Balaban J connectivity index is 1.58. The predicted molar refractivity (Wildman–Crippen MR) is 115 cm³/mol. The number of aliphatic hydroxyl groups is 3. The number of anilines is 1. The van der Waals surface area contributed by atoms with E-state index in [2.05, 4.69) is 15.0 Å². The van der Waals surface area contributed by atoms with Crippen LogP contribution in [0.3, 0.4) is 0 Å². The van der Waals surface area contributed by atoms with Gasteiger partial charge in [0.15, 0.2) is 17.4 Å². The van der Waals surface area contributed by atoms with Crippen LogP contribution in [0.25, 0.3) is 11.2 Å². The summed E-state index contributed by atoms with van der Waals surface area (Å²) in [5.41, 5.74) is 1.54. The van der Waals surface area contributed by atoms with Crippen LogP contribution in [0.4, 0.5) is 11.6 Å². The van der Waals surface area contributed by atoms with Gasteiger partial charge in [-0.25, -0.2) is 4.98 Å². The van der Waals surface area contributed by atoms with Crippen molar-refractivity contribution in [3.63, 3.8) is 0 Å². The second-order valence-corrected chi connectivity index (χ2v) is 7.80. The second-order valence-electron chi connectivity index (χ2n) is 7.80. The van der Waals surface area contributed by atoms with E-state index in [9.17, 15) is 25.4 Å². The SMILES string of the molecule is CN(C)c1nc(OCCc2ccc([N+](=O)[O-])cc2)c2ncn([C@@H]3O[C@H](CO)[C@@H](O)[C@H]3O)c2n1. The molecule has 1 fully saturated rings. The molecule has 1 saturated heterocycles. The van der Waals surface area contributed by atoms with Crippen molar-refractivity contribution in [2.24, 2.45) is 0 Å². The fourth-order valence-electron chi connectivity index (χ4n) is 3.53. The van der Waals surface area contributed by atoms with E-state index >= 15 is 0 Å². The lowest BCUT2D eigenvalue weighted by atomic mass is 10.1. The molecule has 1 aromatic carbocycles. The molecular formula is C20H24N6O7. The van der Waals surface area contributed by atoms with Crippen LogP contribution in [0, 0.1) is 10.1 Å². The molecule has 13 nitrogen and oxygen atoms in total. The molecule has 13 heteroatoms. The Morgan fingerprint density at radius 3 is 2.55 bits per heavy atom. The Morgan fingerprint density at radius 1 is 1.21 bits per heavy atom. The summed E-state index contributed by atoms with van der Waals surface area (Å²) in [6.07, 6.45) is -2.59. The van der Waals surface area contributed by atoms with Crippen molar-refractivity contribution in [3.05, 3.63) is 46.3 Å². The number of rotatable bonds is 8. The molecule has 0 aliphatic carbocycles. The van der Waals surface area contributed by atoms with Crippen LogP contribution in [0.5, 0.6) is 5.88 Å². The number of imidazole rings is 1. The molecule has 176 valence electrons. The number of fused-ring (bicyclic) bond motifs is 1. The molecule has 0 radical (unpaired) electrons. The molecule has 2 aromatic heterocycles. The number of nitro benzene ring substituents is 1. The highest BCUT2D eigenvalue weighted by molar-refractivity contribution is 5.78. The zero-order chi connectivity index (χ0) is 23.7. The van der Waals surface area contributed by atoms with Crippen molar-refractivity contribution < 1.29 is 29.7 Å². The van der Waals surface area contributed by atoms with E-state index in [0.29, 0.717) is 23.5 Å². The maximum Gasteiger partial charge on any atom is 0.269 e. The van der Waals surface area contributed by atoms with Crippen LogP contribution >= 0.6 is 0 Å². The zero-order valence-corrected chi connectivity index (χ0v) is 18.0. The largest absolute Gasteiger partial charge is 0.476 e. The van der Waals surface area contributed by atoms with Gasteiger partial charge in [0.05, 0.1) is 24.5 Å². The van der Waals surface area contributed by atoms with Crippen molar-refractivity contribution in [1.82, 2.24) is 19.5 Å². The van der Waals surface area contributed by atoms with Gasteiger partial charge < -0.3 is 29.7 Å². The third kappa shape index (κ3) is 4.43. The van der Waals surface area contributed by atoms with Crippen molar-refractivity contribution >= 4 is 22.8 Å². The predicted octanol–water partition coefficient (Wildman–Crippen LogP) is 0.0335. The van der Waals surface area contributed by atoms with Gasteiger partial charge in [-0.3, -0.25) is 14.7 Å². The van der Waals surface area contributed by atoms with E-state index in [-0.39, 0.29) is 18.2 Å². The maximum atomic E-state index is 10.8. The fourth-order valence-corrected chi connectivity index (χ4v) is 3.53. The Hall–Kier alpha value is -3.39. The summed E-state index contributed by atoms with van der Waals surface area (Å²) in [5, 5.41) is 40.7. The van der Waals surface area contributed by atoms with Crippen molar-refractivity contribution in [1.29, 1.82) is 0 Å². The number of nitrogens with zero attached hydrogens (tertiary/aromatic N) is 6. The van der Waals surface area contributed by atoms with Crippen LogP contribution < -0.4 is 9.64 Å². The summed E-state index contributed by atoms with van der Waals surface area (Å²) in [5.74, 6) is 0.553. The van der Waals surface area contributed by atoms with Gasteiger partial charge in [0.2, 0.25) is 11.8 Å². The molecule has 4 atom stereocenters.